The van der Waals surface area contributed by atoms with Gasteiger partial charge < -0.3 is 0 Å². The summed E-state index contributed by atoms with van der Waals surface area (Å²) in [6.45, 7) is 6.70. The summed E-state index contributed by atoms with van der Waals surface area (Å²) >= 11 is 0. The predicted octanol–water partition coefficient (Wildman–Crippen LogP) is 2.15. The van der Waals surface area contributed by atoms with Crippen LogP contribution in [0.5, 0.6) is 0 Å². The smallest absolute Gasteiger partial charge is 0.224 e. The molecule has 22 heavy (non-hydrogen) atoms. The Morgan fingerprint density at radius 2 is 1.41 bits per heavy atom. The molecule has 5 nitrogen and oxygen atoms in total. The van der Waals surface area contributed by atoms with Crippen LogP contribution in [0.1, 0.15) is 27.2 Å². The van der Waals surface area contributed by atoms with Crippen molar-refractivity contribution in [1.82, 2.24) is 4.31 Å². The topological polar surface area (TPSA) is 71.5 Å². The standard InChI is InChI=1S/C15H23NO4S2/c1-4-21(17,18)14-5-7-15(8-6-14)22(19,20)16-10-12(2)9-13(3)11-16/h5-8,12-13H,4,9-11H2,1-3H3. The van der Waals surface area contributed by atoms with E-state index in [9.17, 15) is 16.8 Å². The number of rotatable bonds is 4. The van der Waals surface area contributed by atoms with Gasteiger partial charge in [0.25, 0.3) is 0 Å². The second-order valence-corrected chi connectivity index (χ2v) is 10.4. The number of piperidine rings is 1. The lowest BCUT2D eigenvalue weighted by atomic mass is 9.94. The summed E-state index contributed by atoms with van der Waals surface area (Å²) in [7, 11) is -6.87. The summed E-state index contributed by atoms with van der Waals surface area (Å²) in [5.41, 5.74) is 0. The lowest BCUT2D eigenvalue weighted by Crippen LogP contribution is -2.42. The lowest BCUT2D eigenvalue weighted by Gasteiger charge is -2.34. The molecule has 0 aliphatic carbocycles. The Morgan fingerprint density at radius 3 is 1.86 bits per heavy atom. The number of sulfonamides is 1. The molecule has 1 aliphatic heterocycles. The first-order chi connectivity index (χ1) is 10.2. The molecule has 1 heterocycles. The minimum Gasteiger partial charge on any atom is -0.224 e. The van der Waals surface area contributed by atoms with Gasteiger partial charge in [-0.25, -0.2) is 16.8 Å². The van der Waals surface area contributed by atoms with E-state index in [-0.39, 0.29) is 15.5 Å². The summed E-state index contributed by atoms with van der Waals surface area (Å²) in [6.07, 6.45) is 1.03. The summed E-state index contributed by atoms with van der Waals surface area (Å²) < 4.78 is 50.5. The molecule has 0 aromatic heterocycles. The third kappa shape index (κ3) is 3.52. The molecular weight excluding hydrogens is 322 g/mol. The molecule has 0 radical (unpaired) electrons. The number of nitrogens with zero attached hydrogens (tertiary/aromatic N) is 1. The van der Waals surface area contributed by atoms with Crippen LogP contribution in [-0.4, -0.2) is 40.0 Å². The number of hydrogen-bond acceptors (Lipinski definition) is 4. The Kier molecular flexibility index (Phi) is 4.99. The predicted molar refractivity (Wildman–Crippen MR) is 85.9 cm³/mol. The highest BCUT2D eigenvalue weighted by Crippen LogP contribution is 2.27. The Labute approximate surface area is 133 Å². The fraction of sp³-hybridized carbons (Fsp3) is 0.600. The quantitative estimate of drug-likeness (QED) is 0.838. The van der Waals surface area contributed by atoms with Gasteiger partial charge in [-0.15, -0.1) is 0 Å². The molecule has 1 aromatic carbocycles. The van der Waals surface area contributed by atoms with Crippen LogP contribution < -0.4 is 0 Å². The molecule has 0 saturated carbocycles. The van der Waals surface area contributed by atoms with E-state index < -0.39 is 19.9 Å². The summed E-state index contributed by atoms with van der Waals surface area (Å²) in [4.78, 5) is 0.318. The first kappa shape index (κ1) is 17.4. The lowest BCUT2D eigenvalue weighted by molar-refractivity contribution is 0.222. The van der Waals surface area contributed by atoms with Gasteiger partial charge in [0.2, 0.25) is 10.0 Å². The van der Waals surface area contributed by atoms with Crippen molar-refractivity contribution < 1.29 is 16.8 Å². The van der Waals surface area contributed by atoms with Gasteiger partial charge in [0.05, 0.1) is 15.5 Å². The monoisotopic (exact) mass is 345 g/mol. The van der Waals surface area contributed by atoms with E-state index in [1.807, 2.05) is 0 Å². The van der Waals surface area contributed by atoms with Gasteiger partial charge in [-0.2, -0.15) is 4.31 Å². The fourth-order valence-corrected chi connectivity index (χ4v) is 5.50. The van der Waals surface area contributed by atoms with Gasteiger partial charge in [-0.1, -0.05) is 20.8 Å². The van der Waals surface area contributed by atoms with Crippen molar-refractivity contribution in [2.75, 3.05) is 18.8 Å². The van der Waals surface area contributed by atoms with E-state index in [4.69, 9.17) is 0 Å². The van der Waals surface area contributed by atoms with Crippen LogP contribution in [0.15, 0.2) is 34.1 Å². The largest absolute Gasteiger partial charge is 0.243 e. The zero-order valence-corrected chi connectivity index (χ0v) is 14.8. The van der Waals surface area contributed by atoms with Crippen molar-refractivity contribution in [2.45, 2.75) is 37.0 Å². The van der Waals surface area contributed by atoms with Crippen LogP contribution in [0.4, 0.5) is 0 Å². The summed E-state index contributed by atoms with van der Waals surface area (Å²) in [6, 6.07) is 5.54. The van der Waals surface area contributed by atoms with E-state index in [1.54, 1.807) is 6.92 Å². The first-order valence-electron chi connectivity index (χ1n) is 7.49. The molecule has 2 unspecified atom stereocenters. The molecular formula is C15H23NO4S2. The second-order valence-electron chi connectivity index (χ2n) is 6.14. The van der Waals surface area contributed by atoms with Crippen LogP contribution >= 0.6 is 0 Å². The molecule has 1 aromatic rings. The van der Waals surface area contributed by atoms with Crippen LogP contribution in [0.3, 0.4) is 0 Å². The van der Waals surface area contributed by atoms with Crippen LogP contribution in [-0.2, 0) is 19.9 Å². The van der Waals surface area contributed by atoms with E-state index in [0.717, 1.165) is 6.42 Å². The molecule has 0 N–H and O–H groups in total. The molecule has 0 bridgehead atoms. The number of benzene rings is 1. The van der Waals surface area contributed by atoms with E-state index in [2.05, 4.69) is 13.8 Å². The zero-order chi connectivity index (χ0) is 16.5. The van der Waals surface area contributed by atoms with Gasteiger partial charge in [0.1, 0.15) is 0 Å². The van der Waals surface area contributed by atoms with Crippen LogP contribution in [0, 0.1) is 11.8 Å². The Hall–Kier alpha value is -0.920. The third-order valence-electron chi connectivity index (χ3n) is 4.04. The molecule has 0 spiro atoms. The number of hydrogen-bond donors (Lipinski definition) is 0. The van der Waals surface area contributed by atoms with Gasteiger partial charge in [0, 0.05) is 13.1 Å². The highest BCUT2D eigenvalue weighted by molar-refractivity contribution is 7.91. The van der Waals surface area contributed by atoms with Crippen molar-refractivity contribution in [3.8, 4) is 0 Å². The third-order valence-corrected chi connectivity index (χ3v) is 7.63. The van der Waals surface area contributed by atoms with E-state index in [0.29, 0.717) is 24.9 Å². The zero-order valence-electron chi connectivity index (χ0n) is 13.2. The maximum absolute atomic E-state index is 12.7. The highest BCUT2D eigenvalue weighted by atomic mass is 32.2. The molecule has 2 rings (SSSR count). The summed E-state index contributed by atoms with van der Waals surface area (Å²) in [5, 5.41) is 0. The van der Waals surface area contributed by atoms with Gasteiger partial charge in [0.15, 0.2) is 9.84 Å². The molecule has 0 amide bonds. The average Bonchev–Trinajstić information content (AvgIpc) is 2.46. The number of sulfone groups is 1. The van der Waals surface area contributed by atoms with Crippen LogP contribution in [0.2, 0.25) is 0 Å². The Bertz CT molecular complexity index is 713. The maximum atomic E-state index is 12.7. The molecule has 7 heteroatoms. The fourth-order valence-electron chi connectivity index (χ4n) is 2.94. The average molecular weight is 345 g/mol. The minimum atomic E-state index is -3.56. The Balaban J connectivity index is 2.30. The first-order valence-corrected chi connectivity index (χ1v) is 10.6. The van der Waals surface area contributed by atoms with Gasteiger partial charge >= 0.3 is 0 Å². The van der Waals surface area contributed by atoms with Crippen LogP contribution in [0.25, 0.3) is 0 Å². The highest BCUT2D eigenvalue weighted by Gasteiger charge is 2.31. The maximum Gasteiger partial charge on any atom is 0.243 e. The SMILES string of the molecule is CCS(=O)(=O)c1ccc(S(=O)(=O)N2CC(C)CC(C)C2)cc1. The van der Waals surface area contributed by atoms with Crippen molar-refractivity contribution in [3.05, 3.63) is 24.3 Å². The van der Waals surface area contributed by atoms with E-state index in [1.165, 1.54) is 28.6 Å². The molecule has 2 atom stereocenters. The second kappa shape index (κ2) is 6.29. The van der Waals surface area contributed by atoms with Gasteiger partial charge in [-0.05, 0) is 42.5 Å². The van der Waals surface area contributed by atoms with Crippen molar-refractivity contribution in [1.29, 1.82) is 0 Å². The van der Waals surface area contributed by atoms with Crippen molar-refractivity contribution >= 4 is 19.9 Å². The van der Waals surface area contributed by atoms with Crippen molar-refractivity contribution in [2.24, 2.45) is 11.8 Å². The van der Waals surface area contributed by atoms with E-state index >= 15 is 0 Å². The molecule has 124 valence electrons. The van der Waals surface area contributed by atoms with Crippen molar-refractivity contribution in [3.63, 3.8) is 0 Å². The normalized spacial score (nSPS) is 24.3. The molecule has 1 aliphatic rings. The molecule has 1 fully saturated rings. The van der Waals surface area contributed by atoms with Gasteiger partial charge in [-0.3, -0.25) is 0 Å². The minimum absolute atomic E-state index is 0.000249. The Morgan fingerprint density at radius 1 is 0.955 bits per heavy atom. The molecule has 1 saturated heterocycles. The summed E-state index contributed by atoms with van der Waals surface area (Å²) in [5.74, 6) is 0.664.